The molecule has 2 aromatic carbocycles. The Hall–Kier alpha value is -2.84. The summed E-state index contributed by atoms with van der Waals surface area (Å²) in [4.78, 5) is 14.3. The molecule has 0 aliphatic heterocycles. The summed E-state index contributed by atoms with van der Waals surface area (Å²) in [5.41, 5.74) is 13.1. The lowest BCUT2D eigenvalue weighted by atomic mass is 9.97. The number of nitrogens with zero attached hydrogens (tertiary/aromatic N) is 1. The van der Waals surface area contributed by atoms with Crippen molar-refractivity contribution in [1.82, 2.24) is 4.90 Å². The number of benzene rings is 2. The second kappa shape index (κ2) is 12.4. The molecule has 0 amide bonds. The molecule has 0 fully saturated rings. The van der Waals surface area contributed by atoms with Crippen molar-refractivity contribution in [1.29, 1.82) is 0 Å². The molecule has 2 rings (SSSR count). The highest BCUT2D eigenvalue weighted by Crippen LogP contribution is 2.29. The van der Waals surface area contributed by atoms with E-state index in [1.54, 1.807) is 7.11 Å². The van der Waals surface area contributed by atoms with Gasteiger partial charge in [0.2, 0.25) is 0 Å². The van der Waals surface area contributed by atoms with E-state index in [1.165, 1.54) is 0 Å². The molecule has 4 N–H and O–H groups in total. The summed E-state index contributed by atoms with van der Waals surface area (Å²) < 4.78 is 16.8. The quantitative estimate of drug-likeness (QED) is 0.379. The summed E-state index contributed by atoms with van der Waals surface area (Å²) in [6.45, 7) is 6.88. The van der Waals surface area contributed by atoms with Gasteiger partial charge in [0.05, 0.1) is 18.6 Å². The number of hydrogen-bond acceptors (Lipinski definition) is 6. The molecule has 0 saturated carbocycles. The van der Waals surface area contributed by atoms with Crippen molar-refractivity contribution in [2.45, 2.75) is 39.8 Å². The summed E-state index contributed by atoms with van der Waals surface area (Å²) in [5.74, 6) is 0.947. The van der Waals surface area contributed by atoms with Crippen LogP contribution in [0.4, 0.5) is 0 Å². The van der Waals surface area contributed by atoms with Gasteiger partial charge in [0.1, 0.15) is 13.2 Å². The average molecular weight is 474 g/mol. The summed E-state index contributed by atoms with van der Waals surface area (Å²) >= 11 is 5.40. The van der Waals surface area contributed by atoms with Crippen molar-refractivity contribution >= 4 is 23.3 Å². The topological polar surface area (TPSA) is 100 Å². The molecule has 0 bridgehead atoms. The second-order valence-corrected chi connectivity index (χ2v) is 9.20. The van der Waals surface area contributed by atoms with E-state index < -0.39 is 5.41 Å². The third-order valence-electron chi connectivity index (χ3n) is 5.01. The van der Waals surface area contributed by atoms with Gasteiger partial charge < -0.3 is 30.6 Å². The lowest BCUT2D eigenvalue weighted by molar-refractivity contribution is -0.154. The van der Waals surface area contributed by atoms with Crippen molar-refractivity contribution < 1.29 is 19.0 Å². The van der Waals surface area contributed by atoms with E-state index in [-0.39, 0.29) is 23.7 Å². The van der Waals surface area contributed by atoms with Crippen molar-refractivity contribution in [3.63, 3.8) is 0 Å². The van der Waals surface area contributed by atoms with E-state index in [2.05, 4.69) is 0 Å². The van der Waals surface area contributed by atoms with E-state index in [1.807, 2.05) is 74.2 Å². The maximum atomic E-state index is 12.4. The number of rotatable bonds is 11. The van der Waals surface area contributed by atoms with Gasteiger partial charge in [0.25, 0.3) is 0 Å². The third-order valence-corrected chi connectivity index (χ3v) is 5.25. The molecule has 0 heterocycles. The van der Waals surface area contributed by atoms with Crippen LogP contribution >= 0.6 is 12.2 Å². The molecular formula is C25H35N3O4S. The van der Waals surface area contributed by atoms with Gasteiger partial charge in [0.15, 0.2) is 16.6 Å². The molecule has 0 saturated heterocycles. The van der Waals surface area contributed by atoms with Gasteiger partial charge in [0, 0.05) is 13.1 Å². The minimum absolute atomic E-state index is 0.164. The van der Waals surface area contributed by atoms with Crippen molar-refractivity contribution in [3.8, 4) is 11.5 Å². The summed E-state index contributed by atoms with van der Waals surface area (Å²) in [6, 6.07) is 15.4. The van der Waals surface area contributed by atoms with Gasteiger partial charge in [-0.2, -0.15) is 0 Å². The Labute approximate surface area is 202 Å². The van der Waals surface area contributed by atoms with Crippen molar-refractivity contribution in [3.05, 3.63) is 59.7 Å². The first-order valence-corrected chi connectivity index (χ1v) is 11.3. The van der Waals surface area contributed by atoms with Crippen LogP contribution in [0, 0.1) is 5.41 Å². The predicted molar refractivity (Wildman–Crippen MR) is 134 cm³/mol. The minimum Gasteiger partial charge on any atom is -0.493 e. The van der Waals surface area contributed by atoms with Gasteiger partial charge in [-0.15, -0.1) is 0 Å². The van der Waals surface area contributed by atoms with Crippen LogP contribution in [-0.2, 0) is 22.5 Å². The Morgan fingerprint density at radius 3 is 2.36 bits per heavy atom. The lowest BCUT2D eigenvalue weighted by Gasteiger charge is -2.33. The van der Waals surface area contributed by atoms with Crippen LogP contribution in [0.2, 0.25) is 0 Å². The Morgan fingerprint density at radius 2 is 1.79 bits per heavy atom. The SMILES string of the molecule is COc1cc(CN(C(N)=S)[C@H](COC(=O)C(C)(C)C)Cc2ccccc2)ccc1OCCN. The fourth-order valence-electron chi connectivity index (χ4n) is 3.22. The highest BCUT2D eigenvalue weighted by molar-refractivity contribution is 7.80. The van der Waals surface area contributed by atoms with E-state index >= 15 is 0 Å². The number of carbonyl (C=O) groups is 1. The molecule has 0 aliphatic carbocycles. The Kier molecular flexibility index (Phi) is 9.94. The molecule has 0 aromatic heterocycles. The van der Waals surface area contributed by atoms with Gasteiger partial charge in [-0.25, -0.2) is 0 Å². The van der Waals surface area contributed by atoms with E-state index in [0.717, 1.165) is 11.1 Å². The first-order chi connectivity index (χ1) is 15.7. The maximum absolute atomic E-state index is 12.4. The molecule has 0 spiro atoms. The Morgan fingerprint density at radius 1 is 1.09 bits per heavy atom. The minimum atomic E-state index is -0.599. The normalized spacial score (nSPS) is 12.0. The Balaban J connectivity index is 2.28. The number of carbonyl (C=O) groups excluding carboxylic acids is 1. The van der Waals surface area contributed by atoms with Gasteiger partial charge in [-0.05, 0) is 62.7 Å². The third kappa shape index (κ3) is 8.22. The first kappa shape index (κ1) is 26.4. The van der Waals surface area contributed by atoms with Crippen molar-refractivity contribution in [2.75, 3.05) is 26.9 Å². The molecule has 0 radical (unpaired) electrons. The summed E-state index contributed by atoms with van der Waals surface area (Å²) in [7, 11) is 1.59. The molecule has 2 aromatic rings. The standard InChI is InChI=1S/C25H35N3O4S/c1-25(2,3)23(29)32-17-20(14-18-8-6-5-7-9-18)28(24(27)33)16-19-10-11-21(31-13-12-26)22(15-19)30-4/h5-11,15,20H,12-14,16-17,26H2,1-4H3,(H2,27,33)/t20-/m0/s1. The zero-order chi connectivity index (χ0) is 24.4. The maximum Gasteiger partial charge on any atom is 0.311 e. The van der Waals surface area contributed by atoms with E-state index in [4.69, 9.17) is 37.9 Å². The highest BCUT2D eigenvalue weighted by atomic mass is 32.1. The zero-order valence-electron chi connectivity index (χ0n) is 19.9. The number of esters is 1. The lowest BCUT2D eigenvalue weighted by Crippen LogP contribution is -2.47. The molecule has 0 aliphatic rings. The fraction of sp³-hybridized carbons (Fsp3) is 0.440. The predicted octanol–water partition coefficient (Wildman–Crippen LogP) is 3.28. The first-order valence-electron chi connectivity index (χ1n) is 10.9. The smallest absolute Gasteiger partial charge is 0.311 e. The van der Waals surface area contributed by atoms with Crippen LogP contribution in [-0.4, -0.2) is 48.9 Å². The van der Waals surface area contributed by atoms with Crippen molar-refractivity contribution in [2.24, 2.45) is 16.9 Å². The molecule has 8 heteroatoms. The molecule has 1 atom stereocenters. The average Bonchev–Trinajstić information content (AvgIpc) is 2.78. The van der Waals surface area contributed by atoms with Gasteiger partial charge >= 0.3 is 5.97 Å². The van der Waals surface area contributed by atoms with Crippen LogP contribution in [0.5, 0.6) is 11.5 Å². The number of hydrogen-bond donors (Lipinski definition) is 2. The number of nitrogens with two attached hydrogens (primary N) is 2. The van der Waals surface area contributed by atoms with Crippen LogP contribution in [0.1, 0.15) is 31.9 Å². The summed E-state index contributed by atoms with van der Waals surface area (Å²) in [6.07, 6.45) is 0.616. The highest BCUT2D eigenvalue weighted by Gasteiger charge is 2.27. The zero-order valence-corrected chi connectivity index (χ0v) is 20.7. The molecule has 7 nitrogen and oxygen atoms in total. The molecule has 0 unspecified atom stereocenters. The molecule has 180 valence electrons. The number of thiocarbonyl (C=S) groups is 1. The Bertz CT molecular complexity index is 916. The largest absolute Gasteiger partial charge is 0.493 e. The van der Waals surface area contributed by atoms with Crippen LogP contribution in [0.25, 0.3) is 0 Å². The molecule has 33 heavy (non-hydrogen) atoms. The van der Waals surface area contributed by atoms with Crippen LogP contribution < -0.4 is 20.9 Å². The number of ether oxygens (including phenoxy) is 3. The van der Waals surface area contributed by atoms with Gasteiger partial charge in [-0.1, -0.05) is 36.4 Å². The second-order valence-electron chi connectivity index (χ2n) is 8.78. The number of methoxy groups -OCH3 is 1. The summed E-state index contributed by atoms with van der Waals surface area (Å²) in [5, 5.41) is 0.227. The van der Waals surface area contributed by atoms with Crippen LogP contribution in [0.3, 0.4) is 0 Å². The monoisotopic (exact) mass is 473 g/mol. The van der Waals surface area contributed by atoms with E-state index in [9.17, 15) is 4.79 Å². The van der Waals surface area contributed by atoms with E-state index in [0.29, 0.717) is 37.6 Å². The fourth-order valence-corrected chi connectivity index (χ4v) is 3.43. The van der Waals surface area contributed by atoms with Gasteiger partial charge in [-0.3, -0.25) is 4.79 Å². The molecular weight excluding hydrogens is 438 g/mol. The van der Waals surface area contributed by atoms with Crippen LogP contribution in [0.15, 0.2) is 48.5 Å².